The fourth-order valence-electron chi connectivity index (χ4n) is 2.45. The highest BCUT2D eigenvalue weighted by Crippen LogP contribution is 2.19. The predicted octanol–water partition coefficient (Wildman–Crippen LogP) is 2.58. The van der Waals surface area contributed by atoms with Crippen LogP contribution in [0.3, 0.4) is 0 Å². The van der Waals surface area contributed by atoms with Crippen LogP contribution in [0.1, 0.15) is 18.1 Å². The Labute approximate surface area is 131 Å². The molecule has 0 fully saturated rings. The van der Waals surface area contributed by atoms with E-state index >= 15 is 0 Å². The number of aryl methyl sites for hydroxylation is 1. The third-order valence-electron chi connectivity index (χ3n) is 3.72. The summed E-state index contributed by atoms with van der Waals surface area (Å²) in [7, 11) is 1.67. The number of pyridine rings is 1. The molecule has 0 amide bonds. The van der Waals surface area contributed by atoms with Crippen molar-refractivity contribution in [1.82, 2.24) is 9.88 Å². The number of ether oxygens (including phenoxy) is 1. The summed E-state index contributed by atoms with van der Waals surface area (Å²) in [5.74, 6) is 0. The summed E-state index contributed by atoms with van der Waals surface area (Å²) in [5, 5.41) is 3.22. The summed E-state index contributed by atoms with van der Waals surface area (Å²) in [6.45, 7) is 6.67. The van der Waals surface area contributed by atoms with Crippen molar-refractivity contribution in [2.75, 3.05) is 20.3 Å². The van der Waals surface area contributed by atoms with Crippen molar-refractivity contribution < 1.29 is 4.74 Å². The van der Waals surface area contributed by atoms with Gasteiger partial charge in [0.2, 0.25) is 0 Å². The molecule has 118 valence electrons. The Hall–Kier alpha value is -1.91. The van der Waals surface area contributed by atoms with Gasteiger partial charge < -0.3 is 14.6 Å². The van der Waals surface area contributed by atoms with Crippen LogP contribution in [0.5, 0.6) is 0 Å². The van der Waals surface area contributed by atoms with Crippen LogP contribution in [-0.2, 0) is 17.8 Å². The molecule has 4 heteroatoms. The molecule has 0 atom stereocenters. The van der Waals surface area contributed by atoms with E-state index in [9.17, 15) is 4.79 Å². The minimum Gasteiger partial charge on any atom is -0.383 e. The van der Waals surface area contributed by atoms with Crippen molar-refractivity contribution in [3.8, 4) is 11.3 Å². The van der Waals surface area contributed by atoms with Gasteiger partial charge in [0.15, 0.2) is 0 Å². The molecule has 1 heterocycles. The van der Waals surface area contributed by atoms with Gasteiger partial charge in [-0.15, -0.1) is 0 Å². The topological polar surface area (TPSA) is 43.3 Å². The van der Waals surface area contributed by atoms with E-state index in [0.717, 1.165) is 23.4 Å². The molecule has 0 aliphatic heterocycles. The van der Waals surface area contributed by atoms with Crippen molar-refractivity contribution in [1.29, 1.82) is 0 Å². The van der Waals surface area contributed by atoms with E-state index in [-0.39, 0.29) is 5.56 Å². The standard InChI is InChI=1S/C18H24N2O2/c1-4-20-17(15-7-5-14(2)6-8-15)10-9-16(18(20)21)13-19-11-12-22-3/h5-10,19H,4,11-13H2,1-3H3. The second kappa shape index (κ2) is 7.92. The molecular weight excluding hydrogens is 276 g/mol. The molecule has 2 rings (SSSR count). The molecule has 0 unspecified atom stereocenters. The zero-order valence-corrected chi connectivity index (χ0v) is 13.6. The fourth-order valence-corrected chi connectivity index (χ4v) is 2.45. The van der Waals surface area contributed by atoms with Gasteiger partial charge in [0.05, 0.1) is 12.3 Å². The SMILES string of the molecule is CCn1c(-c2ccc(C)cc2)ccc(CNCCOC)c1=O. The number of hydrogen-bond donors (Lipinski definition) is 1. The first-order valence-electron chi connectivity index (χ1n) is 7.66. The number of hydrogen-bond acceptors (Lipinski definition) is 3. The molecule has 22 heavy (non-hydrogen) atoms. The van der Waals surface area contributed by atoms with Crippen LogP contribution < -0.4 is 10.9 Å². The van der Waals surface area contributed by atoms with Gasteiger partial charge in [-0.2, -0.15) is 0 Å². The predicted molar refractivity (Wildman–Crippen MR) is 90.1 cm³/mol. The highest BCUT2D eigenvalue weighted by atomic mass is 16.5. The summed E-state index contributed by atoms with van der Waals surface area (Å²) in [4.78, 5) is 12.6. The van der Waals surface area contributed by atoms with E-state index in [4.69, 9.17) is 4.74 Å². The molecule has 0 aliphatic rings. The lowest BCUT2D eigenvalue weighted by Crippen LogP contribution is -2.28. The van der Waals surface area contributed by atoms with Crippen molar-refractivity contribution >= 4 is 0 Å². The lowest BCUT2D eigenvalue weighted by molar-refractivity contribution is 0.199. The van der Waals surface area contributed by atoms with Gasteiger partial charge >= 0.3 is 0 Å². The van der Waals surface area contributed by atoms with E-state index in [1.807, 2.05) is 23.6 Å². The molecule has 2 aromatic rings. The fraction of sp³-hybridized carbons (Fsp3) is 0.389. The molecule has 1 aromatic carbocycles. The molecule has 4 nitrogen and oxygen atoms in total. The average molecular weight is 300 g/mol. The van der Waals surface area contributed by atoms with Gasteiger partial charge in [-0.1, -0.05) is 35.9 Å². The van der Waals surface area contributed by atoms with Crippen molar-refractivity contribution in [3.05, 3.63) is 57.9 Å². The smallest absolute Gasteiger partial charge is 0.255 e. The van der Waals surface area contributed by atoms with E-state index < -0.39 is 0 Å². The number of benzene rings is 1. The van der Waals surface area contributed by atoms with Crippen molar-refractivity contribution in [3.63, 3.8) is 0 Å². The highest BCUT2D eigenvalue weighted by molar-refractivity contribution is 5.60. The maximum Gasteiger partial charge on any atom is 0.255 e. The van der Waals surface area contributed by atoms with E-state index in [2.05, 4.69) is 36.5 Å². The van der Waals surface area contributed by atoms with Gasteiger partial charge in [0.25, 0.3) is 5.56 Å². The number of nitrogens with one attached hydrogen (secondary N) is 1. The lowest BCUT2D eigenvalue weighted by Gasteiger charge is -2.14. The Morgan fingerprint density at radius 1 is 1.14 bits per heavy atom. The monoisotopic (exact) mass is 300 g/mol. The van der Waals surface area contributed by atoms with Gasteiger partial charge in [0, 0.05) is 32.3 Å². The van der Waals surface area contributed by atoms with Crippen LogP contribution in [0.15, 0.2) is 41.2 Å². The van der Waals surface area contributed by atoms with Crippen LogP contribution in [0, 0.1) is 6.92 Å². The molecule has 0 saturated carbocycles. The van der Waals surface area contributed by atoms with Gasteiger partial charge in [-0.25, -0.2) is 0 Å². The largest absolute Gasteiger partial charge is 0.383 e. The van der Waals surface area contributed by atoms with Gasteiger partial charge in [-0.05, 0) is 25.5 Å². The number of methoxy groups -OCH3 is 1. The minimum absolute atomic E-state index is 0.0745. The van der Waals surface area contributed by atoms with Crippen molar-refractivity contribution in [2.45, 2.75) is 26.9 Å². The van der Waals surface area contributed by atoms with E-state index in [0.29, 0.717) is 19.7 Å². The third kappa shape index (κ3) is 3.84. The molecule has 0 spiro atoms. The molecule has 0 radical (unpaired) electrons. The molecule has 1 N–H and O–H groups in total. The normalized spacial score (nSPS) is 10.9. The first-order chi connectivity index (χ1) is 10.7. The molecule has 0 aliphatic carbocycles. The maximum atomic E-state index is 12.6. The molecule has 0 bridgehead atoms. The summed E-state index contributed by atoms with van der Waals surface area (Å²) >= 11 is 0. The highest BCUT2D eigenvalue weighted by Gasteiger charge is 2.09. The van der Waals surface area contributed by atoms with Gasteiger partial charge in [-0.3, -0.25) is 4.79 Å². The Balaban J connectivity index is 2.28. The van der Waals surface area contributed by atoms with Crippen LogP contribution >= 0.6 is 0 Å². The summed E-state index contributed by atoms with van der Waals surface area (Å²) < 4.78 is 6.83. The Kier molecular flexibility index (Phi) is 5.92. The molecular formula is C18H24N2O2. The first kappa shape index (κ1) is 16.5. The molecule has 0 saturated heterocycles. The van der Waals surface area contributed by atoms with E-state index in [1.54, 1.807) is 7.11 Å². The Morgan fingerprint density at radius 3 is 2.50 bits per heavy atom. The van der Waals surface area contributed by atoms with Gasteiger partial charge in [0.1, 0.15) is 0 Å². The van der Waals surface area contributed by atoms with Crippen LogP contribution in [-0.4, -0.2) is 24.8 Å². The first-order valence-corrected chi connectivity index (χ1v) is 7.66. The summed E-state index contributed by atoms with van der Waals surface area (Å²) in [5.41, 5.74) is 4.11. The maximum absolute atomic E-state index is 12.6. The Bertz CT molecular complexity index is 660. The second-order valence-corrected chi connectivity index (χ2v) is 5.33. The minimum atomic E-state index is 0.0745. The summed E-state index contributed by atoms with van der Waals surface area (Å²) in [6.07, 6.45) is 0. The lowest BCUT2D eigenvalue weighted by atomic mass is 10.1. The van der Waals surface area contributed by atoms with E-state index in [1.165, 1.54) is 5.56 Å². The number of nitrogens with zero attached hydrogens (tertiary/aromatic N) is 1. The average Bonchev–Trinajstić information content (AvgIpc) is 2.53. The van der Waals surface area contributed by atoms with Crippen LogP contribution in [0.4, 0.5) is 0 Å². The molecule has 1 aromatic heterocycles. The van der Waals surface area contributed by atoms with Crippen LogP contribution in [0.25, 0.3) is 11.3 Å². The zero-order chi connectivity index (χ0) is 15.9. The quantitative estimate of drug-likeness (QED) is 0.799. The number of aromatic nitrogens is 1. The zero-order valence-electron chi connectivity index (χ0n) is 13.6. The Morgan fingerprint density at radius 2 is 1.86 bits per heavy atom. The van der Waals surface area contributed by atoms with Crippen LogP contribution in [0.2, 0.25) is 0 Å². The third-order valence-corrected chi connectivity index (χ3v) is 3.72. The van der Waals surface area contributed by atoms with Crippen molar-refractivity contribution in [2.24, 2.45) is 0 Å². The number of rotatable bonds is 7. The summed E-state index contributed by atoms with van der Waals surface area (Å²) in [6, 6.07) is 12.2. The second-order valence-electron chi connectivity index (χ2n) is 5.33.